The molecular weight excluding hydrogens is 294 g/mol. The molecule has 6 heteroatoms. The molecule has 1 aliphatic rings. The molecule has 23 heavy (non-hydrogen) atoms. The van der Waals surface area contributed by atoms with Crippen molar-refractivity contribution in [3.63, 3.8) is 0 Å². The Labute approximate surface area is 137 Å². The van der Waals surface area contributed by atoms with Crippen molar-refractivity contribution < 1.29 is 14.3 Å². The van der Waals surface area contributed by atoms with Crippen LogP contribution in [0.4, 0.5) is 10.6 Å². The zero-order valence-electron chi connectivity index (χ0n) is 14.5. The predicted octanol–water partition coefficient (Wildman–Crippen LogP) is 3.14. The van der Waals surface area contributed by atoms with E-state index in [1.54, 1.807) is 20.2 Å². The zero-order chi connectivity index (χ0) is 17.2. The molecular formula is C17H25N3O3. The van der Waals surface area contributed by atoms with E-state index in [1.807, 2.05) is 37.8 Å². The van der Waals surface area contributed by atoms with E-state index in [1.165, 1.54) is 4.90 Å². The van der Waals surface area contributed by atoms with Crippen LogP contribution in [0.3, 0.4) is 0 Å². The van der Waals surface area contributed by atoms with Gasteiger partial charge >= 0.3 is 6.09 Å². The van der Waals surface area contributed by atoms with Crippen LogP contribution in [0.1, 0.15) is 52.1 Å². The van der Waals surface area contributed by atoms with Gasteiger partial charge in [-0.1, -0.05) is 6.07 Å². The number of hydrogen-bond donors (Lipinski definition) is 0. The Bertz CT molecular complexity index is 595. The summed E-state index contributed by atoms with van der Waals surface area (Å²) in [4.78, 5) is 31.8. The number of carbonyl (C=O) groups is 2. The Hall–Kier alpha value is -2.11. The highest BCUT2D eigenvalue weighted by atomic mass is 16.6. The van der Waals surface area contributed by atoms with Gasteiger partial charge < -0.3 is 9.64 Å². The number of rotatable bonds is 2. The van der Waals surface area contributed by atoms with Crippen LogP contribution < -0.4 is 4.90 Å². The standard InChI is InChI=1S/C17H25N3O3/c1-12(21)20-11-7-9-14(20)13-8-6-10-18-15(13)19(5)16(22)23-17(2,3)4/h6,8,10,14H,7,9,11H2,1-5H3. The Morgan fingerprint density at radius 3 is 2.70 bits per heavy atom. The second-order valence-electron chi connectivity index (χ2n) is 6.83. The monoisotopic (exact) mass is 319 g/mol. The number of hydrogen-bond acceptors (Lipinski definition) is 4. The van der Waals surface area contributed by atoms with E-state index in [4.69, 9.17) is 4.74 Å². The molecule has 1 unspecified atom stereocenters. The molecule has 1 aromatic rings. The van der Waals surface area contributed by atoms with Crippen LogP contribution in [0.5, 0.6) is 0 Å². The minimum atomic E-state index is -0.570. The normalized spacial score (nSPS) is 18.0. The van der Waals surface area contributed by atoms with Crippen molar-refractivity contribution in [2.24, 2.45) is 0 Å². The van der Waals surface area contributed by atoms with Crippen LogP contribution in [-0.2, 0) is 9.53 Å². The van der Waals surface area contributed by atoms with E-state index in [9.17, 15) is 9.59 Å². The van der Waals surface area contributed by atoms with Gasteiger partial charge in [0.25, 0.3) is 0 Å². The SMILES string of the molecule is CC(=O)N1CCCC1c1cccnc1N(C)C(=O)OC(C)(C)C. The molecule has 0 aliphatic carbocycles. The Kier molecular flexibility index (Phi) is 4.92. The first-order valence-electron chi connectivity index (χ1n) is 7.89. The summed E-state index contributed by atoms with van der Waals surface area (Å²) >= 11 is 0. The molecule has 2 rings (SSSR count). The largest absolute Gasteiger partial charge is 0.443 e. The van der Waals surface area contributed by atoms with Crippen molar-refractivity contribution in [1.82, 2.24) is 9.88 Å². The third kappa shape index (κ3) is 4.00. The second-order valence-corrected chi connectivity index (χ2v) is 6.83. The van der Waals surface area contributed by atoms with Gasteiger partial charge in [-0.3, -0.25) is 9.69 Å². The lowest BCUT2D eigenvalue weighted by Gasteiger charge is -2.29. The first-order chi connectivity index (χ1) is 10.7. The average Bonchev–Trinajstić information content (AvgIpc) is 2.94. The molecule has 0 spiro atoms. The average molecular weight is 319 g/mol. The van der Waals surface area contributed by atoms with Gasteiger partial charge in [0.15, 0.2) is 0 Å². The van der Waals surface area contributed by atoms with Crippen molar-refractivity contribution in [3.05, 3.63) is 23.9 Å². The van der Waals surface area contributed by atoms with Gasteiger partial charge in [0.1, 0.15) is 11.4 Å². The highest BCUT2D eigenvalue weighted by Gasteiger charge is 2.32. The van der Waals surface area contributed by atoms with Gasteiger partial charge in [-0.15, -0.1) is 0 Å². The van der Waals surface area contributed by atoms with Crippen molar-refractivity contribution in [3.8, 4) is 0 Å². The lowest BCUT2D eigenvalue weighted by Crippen LogP contribution is -2.36. The molecule has 0 N–H and O–H groups in total. The second kappa shape index (κ2) is 6.56. The Morgan fingerprint density at radius 1 is 1.39 bits per heavy atom. The molecule has 126 valence electrons. The summed E-state index contributed by atoms with van der Waals surface area (Å²) in [5, 5.41) is 0. The van der Waals surface area contributed by atoms with Crippen molar-refractivity contribution >= 4 is 17.8 Å². The van der Waals surface area contributed by atoms with Gasteiger partial charge in [-0.25, -0.2) is 9.78 Å². The molecule has 0 aromatic carbocycles. The predicted molar refractivity (Wildman–Crippen MR) is 88.2 cm³/mol. The molecule has 1 aliphatic heterocycles. The molecule has 2 amide bonds. The third-order valence-corrected chi connectivity index (χ3v) is 3.82. The Balaban J connectivity index is 2.30. The van der Waals surface area contributed by atoms with Crippen LogP contribution >= 0.6 is 0 Å². The number of anilines is 1. The fourth-order valence-electron chi connectivity index (χ4n) is 2.83. The summed E-state index contributed by atoms with van der Waals surface area (Å²) in [6.07, 6.45) is 3.02. The van der Waals surface area contributed by atoms with E-state index in [0.29, 0.717) is 5.82 Å². The van der Waals surface area contributed by atoms with E-state index < -0.39 is 11.7 Å². The molecule has 1 fully saturated rings. The maximum Gasteiger partial charge on any atom is 0.415 e. The number of pyridine rings is 1. The minimum absolute atomic E-state index is 0.0407. The number of aromatic nitrogens is 1. The highest BCUT2D eigenvalue weighted by molar-refractivity contribution is 5.87. The summed E-state index contributed by atoms with van der Waals surface area (Å²) in [5.74, 6) is 0.585. The first kappa shape index (κ1) is 17.2. The number of ether oxygens (including phenoxy) is 1. The van der Waals surface area contributed by atoms with Crippen molar-refractivity contribution in [1.29, 1.82) is 0 Å². The van der Waals surface area contributed by atoms with Gasteiger partial charge in [-0.2, -0.15) is 0 Å². The number of nitrogens with zero attached hydrogens (tertiary/aromatic N) is 3. The summed E-state index contributed by atoms with van der Waals surface area (Å²) in [7, 11) is 1.65. The summed E-state index contributed by atoms with van der Waals surface area (Å²) in [6.45, 7) is 7.79. The van der Waals surface area contributed by atoms with E-state index in [0.717, 1.165) is 24.9 Å². The van der Waals surface area contributed by atoms with Gasteiger partial charge in [0.05, 0.1) is 6.04 Å². The molecule has 6 nitrogen and oxygen atoms in total. The van der Waals surface area contributed by atoms with Crippen LogP contribution in [0.15, 0.2) is 18.3 Å². The molecule has 0 radical (unpaired) electrons. The maximum absolute atomic E-state index is 12.3. The lowest BCUT2D eigenvalue weighted by atomic mass is 10.0. The topological polar surface area (TPSA) is 62.7 Å². The van der Waals surface area contributed by atoms with Gasteiger partial charge in [0, 0.05) is 32.3 Å². The van der Waals surface area contributed by atoms with Crippen LogP contribution in [-0.4, -0.2) is 41.1 Å². The summed E-state index contributed by atoms with van der Waals surface area (Å²) in [6, 6.07) is 3.72. The number of amides is 2. The fourth-order valence-corrected chi connectivity index (χ4v) is 2.83. The van der Waals surface area contributed by atoms with E-state index in [2.05, 4.69) is 4.98 Å². The maximum atomic E-state index is 12.3. The molecule has 2 heterocycles. The van der Waals surface area contributed by atoms with E-state index >= 15 is 0 Å². The van der Waals surface area contributed by atoms with Gasteiger partial charge in [0.2, 0.25) is 5.91 Å². The lowest BCUT2D eigenvalue weighted by molar-refractivity contribution is -0.129. The molecule has 1 atom stereocenters. The van der Waals surface area contributed by atoms with Gasteiger partial charge in [-0.05, 0) is 39.7 Å². The summed E-state index contributed by atoms with van der Waals surface area (Å²) < 4.78 is 5.41. The van der Waals surface area contributed by atoms with Crippen molar-refractivity contribution in [2.75, 3.05) is 18.5 Å². The molecule has 1 aromatic heterocycles. The smallest absolute Gasteiger partial charge is 0.415 e. The first-order valence-corrected chi connectivity index (χ1v) is 7.89. The van der Waals surface area contributed by atoms with E-state index in [-0.39, 0.29) is 11.9 Å². The minimum Gasteiger partial charge on any atom is -0.443 e. The zero-order valence-corrected chi connectivity index (χ0v) is 14.5. The number of carbonyl (C=O) groups excluding carboxylic acids is 2. The number of likely N-dealkylation sites (tertiary alicyclic amines) is 1. The third-order valence-electron chi connectivity index (χ3n) is 3.82. The highest BCUT2D eigenvalue weighted by Crippen LogP contribution is 2.36. The van der Waals surface area contributed by atoms with Crippen LogP contribution in [0.2, 0.25) is 0 Å². The fraction of sp³-hybridized carbons (Fsp3) is 0.588. The molecule has 0 bridgehead atoms. The van der Waals surface area contributed by atoms with Crippen molar-refractivity contribution in [2.45, 2.75) is 52.2 Å². The van der Waals surface area contributed by atoms with Crippen LogP contribution in [0, 0.1) is 0 Å². The summed E-state index contributed by atoms with van der Waals surface area (Å²) in [5.41, 5.74) is 0.313. The Morgan fingerprint density at radius 2 is 2.09 bits per heavy atom. The molecule has 1 saturated heterocycles. The quantitative estimate of drug-likeness (QED) is 0.840. The molecule has 0 saturated carbocycles. The van der Waals surface area contributed by atoms with Crippen LogP contribution in [0.25, 0.3) is 0 Å².